The van der Waals surface area contributed by atoms with Gasteiger partial charge in [0.05, 0.1) is 24.6 Å². The molecular weight excluding hydrogens is 365 g/mol. The summed E-state index contributed by atoms with van der Waals surface area (Å²) in [7, 11) is 1.32. The molecule has 2 aromatic rings. The standard InChI is InChI=1S/C17H17F3N4O3/c1-27-13-9-24(11-5-2-4-10(8-11)17(18,19)20)23-14(13)16(26)22-12-6-3-7-21-15(12)25/h2,4-5,8-9,12H,3,6-7H2,1H3,(H,21,25)(H,22,26). The molecule has 1 fully saturated rings. The molecule has 2 heterocycles. The van der Waals surface area contributed by atoms with Crippen molar-refractivity contribution in [3.8, 4) is 11.4 Å². The number of nitrogens with zero attached hydrogens (tertiary/aromatic N) is 2. The quantitative estimate of drug-likeness (QED) is 0.846. The van der Waals surface area contributed by atoms with Gasteiger partial charge >= 0.3 is 6.18 Å². The number of hydrogen-bond acceptors (Lipinski definition) is 4. The number of rotatable bonds is 4. The molecule has 0 aliphatic carbocycles. The van der Waals surface area contributed by atoms with Gasteiger partial charge in [-0.25, -0.2) is 4.68 Å². The van der Waals surface area contributed by atoms with Crippen molar-refractivity contribution in [3.63, 3.8) is 0 Å². The number of nitrogens with one attached hydrogen (secondary N) is 2. The maximum atomic E-state index is 12.9. The van der Waals surface area contributed by atoms with Gasteiger partial charge in [-0.2, -0.15) is 18.3 Å². The fraction of sp³-hybridized carbons (Fsp3) is 0.353. The van der Waals surface area contributed by atoms with Gasteiger partial charge in [0.1, 0.15) is 6.04 Å². The van der Waals surface area contributed by atoms with Gasteiger partial charge in [0.15, 0.2) is 11.4 Å². The third-order valence-corrected chi connectivity index (χ3v) is 4.14. The second kappa shape index (κ2) is 7.29. The van der Waals surface area contributed by atoms with E-state index in [0.29, 0.717) is 13.0 Å². The SMILES string of the molecule is COc1cn(-c2cccc(C(F)(F)F)c2)nc1C(=O)NC1CCCNC1=O. The van der Waals surface area contributed by atoms with Crippen molar-refractivity contribution >= 4 is 11.8 Å². The Morgan fingerprint density at radius 2 is 2.19 bits per heavy atom. The third kappa shape index (κ3) is 4.04. The van der Waals surface area contributed by atoms with Gasteiger partial charge < -0.3 is 15.4 Å². The minimum atomic E-state index is -4.50. The second-order valence-corrected chi connectivity index (χ2v) is 6.00. The average molecular weight is 382 g/mol. The predicted octanol–water partition coefficient (Wildman–Crippen LogP) is 1.91. The monoisotopic (exact) mass is 382 g/mol. The summed E-state index contributed by atoms with van der Waals surface area (Å²) in [6.45, 7) is 0.554. The Bertz CT molecular complexity index is 863. The highest BCUT2D eigenvalue weighted by molar-refractivity contribution is 5.98. The maximum absolute atomic E-state index is 12.9. The molecule has 10 heteroatoms. The molecule has 1 atom stereocenters. The van der Waals surface area contributed by atoms with Gasteiger partial charge in [0.25, 0.3) is 5.91 Å². The summed E-state index contributed by atoms with van der Waals surface area (Å²) in [5.74, 6) is -0.841. The Morgan fingerprint density at radius 1 is 1.41 bits per heavy atom. The van der Waals surface area contributed by atoms with E-state index in [0.717, 1.165) is 23.2 Å². The number of amides is 2. The number of carbonyl (C=O) groups is 2. The minimum absolute atomic E-state index is 0.0844. The number of ether oxygens (including phenoxy) is 1. The van der Waals surface area contributed by atoms with Crippen molar-refractivity contribution in [1.29, 1.82) is 0 Å². The largest absolute Gasteiger partial charge is 0.493 e. The highest BCUT2D eigenvalue weighted by atomic mass is 19.4. The minimum Gasteiger partial charge on any atom is -0.493 e. The number of halogens is 3. The van der Waals surface area contributed by atoms with Gasteiger partial charge in [-0.3, -0.25) is 9.59 Å². The summed E-state index contributed by atoms with van der Waals surface area (Å²) >= 11 is 0. The summed E-state index contributed by atoms with van der Waals surface area (Å²) in [6.07, 6.45) is -1.96. The van der Waals surface area contributed by atoms with Crippen LogP contribution in [0.15, 0.2) is 30.5 Å². The topological polar surface area (TPSA) is 85.2 Å². The number of methoxy groups -OCH3 is 1. The molecule has 0 spiro atoms. The predicted molar refractivity (Wildman–Crippen MR) is 88.6 cm³/mol. The van der Waals surface area contributed by atoms with Crippen molar-refractivity contribution < 1.29 is 27.5 Å². The summed E-state index contributed by atoms with van der Waals surface area (Å²) in [5.41, 5.74) is -0.829. The van der Waals surface area contributed by atoms with Crippen LogP contribution in [0.4, 0.5) is 13.2 Å². The summed E-state index contributed by atoms with van der Waals surface area (Å²) < 4.78 is 45.0. The normalized spacial score (nSPS) is 17.3. The number of aromatic nitrogens is 2. The maximum Gasteiger partial charge on any atom is 0.416 e. The second-order valence-electron chi connectivity index (χ2n) is 6.00. The van der Waals surface area contributed by atoms with Crippen LogP contribution in [-0.2, 0) is 11.0 Å². The first-order chi connectivity index (χ1) is 12.8. The van der Waals surface area contributed by atoms with Gasteiger partial charge in [-0.1, -0.05) is 6.07 Å². The van der Waals surface area contributed by atoms with E-state index in [1.165, 1.54) is 25.4 Å². The van der Waals surface area contributed by atoms with Crippen LogP contribution in [0.3, 0.4) is 0 Å². The molecule has 0 saturated carbocycles. The molecule has 1 aromatic heterocycles. The molecule has 7 nitrogen and oxygen atoms in total. The zero-order valence-corrected chi connectivity index (χ0v) is 14.3. The van der Waals surface area contributed by atoms with E-state index < -0.39 is 23.7 Å². The van der Waals surface area contributed by atoms with Gasteiger partial charge in [0.2, 0.25) is 5.91 Å². The summed E-state index contributed by atoms with van der Waals surface area (Å²) in [6, 6.07) is 3.85. The number of benzene rings is 1. The first-order valence-electron chi connectivity index (χ1n) is 8.19. The van der Waals surface area contributed by atoms with Crippen LogP contribution in [0.2, 0.25) is 0 Å². The Balaban J connectivity index is 1.87. The fourth-order valence-electron chi connectivity index (χ4n) is 2.76. The molecule has 0 bridgehead atoms. The summed E-state index contributed by atoms with van der Waals surface area (Å²) in [4.78, 5) is 24.3. The number of piperidine rings is 1. The molecule has 144 valence electrons. The smallest absolute Gasteiger partial charge is 0.416 e. The molecule has 1 unspecified atom stereocenters. The van der Waals surface area contributed by atoms with Crippen molar-refractivity contribution in [2.45, 2.75) is 25.1 Å². The molecule has 1 aliphatic rings. The van der Waals surface area contributed by atoms with Crippen molar-refractivity contribution in [2.75, 3.05) is 13.7 Å². The van der Waals surface area contributed by atoms with E-state index in [1.54, 1.807) is 0 Å². The first-order valence-corrected chi connectivity index (χ1v) is 8.19. The first kappa shape index (κ1) is 18.7. The lowest BCUT2D eigenvalue weighted by molar-refractivity contribution is -0.137. The molecule has 2 N–H and O–H groups in total. The van der Waals surface area contributed by atoms with Crippen LogP contribution in [0.1, 0.15) is 28.9 Å². The lowest BCUT2D eigenvalue weighted by Gasteiger charge is -2.22. The van der Waals surface area contributed by atoms with E-state index in [-0.39, 0.29) is 23.0 Å². The molecular formula is C17H17F3N4O3. The Labute approximate surface area is 152 Å². The molecule has 1 aromatic carbocycles. The highest BCUT2D eigenvalue weighted by Gasteiger charge is 2.31. The molecule has 2 amide bonds. The van der Waals surface area contributed by atoms with E-state index in [9.17, 15) is 22.8 Å². The lowest BCUT2D eigenvalue weighted by Crippen LogP contribution is -2.50. The molecule has 27 heavy (non-hydrogen) atoms. The number of hydrogen-bond donors (Lipinski definition) is 2. The van der Waals surface area contributed by atoms with E-state index >= 15 is 0 Å². The summed E-state index contributed by atoms with van der Waals surface area (Å²) in [5, 5.41) is 9.27. The van der Waals surface area contributed by atoms with Gasteiger partial charge in [0, 0.05) is 6.54 Å². The van der Waals surface area contributed by atoms with Crippen LogP contribution in [0, 0.1) is 0 Å². The lowest BCUT2D eigenvalue weighted by atomic mass is 10.1. The Morgan fingerprint density at radius 3 is 2.85 bits per heavy atom. The number of alkyl halides is 3. The van der Waals surface area contributed by atoms with Crippen LogP contribution in [0.5, 0.6) is 5.75 Å². The van der Waals surface area contributed by atoms with Crippen LogP contribution < -0.4 is 15.4 Å². The molecule has 1 aliphatic heterocycles. The van der Waals surface area contributed by atoms with Gasteiger partial charge in [-0.15, -0.1) is 0 Å². The molecule has 1 saturated heterocycles. The Hall–Kier alpha value is -3.04. The zero-order valence-electron chi connectivity index (χ0n) is 14.3. The van der Waals surface area contributed by atoms with Crippen molar-refractivity contribution in [3.05, 3.63) is 41.7 Å². The van der Waals surface area contributed by atoms with Crippen molar-refractivity contribution in [2.24, 2.45) is 0 Å². The van der Waals surface area contributed by atoms with E-state index in [4.69, 9.17) is 4.74 Å². The highest BCUT2D eigenvalue weighted by Crippen LogP contribution is 2.30. The zero-order chi connectivity index (χ0) is 19.6. The fourth-order valence-corrected chi connectivity index (χ4v) is 2.76. The van der Waals surface area contributed by atoms with Crippen molar-refractivity contribution in [1.82, 2.24) is 20.4 Å². The van der Waals surface area contributed by atoms with Gasteiger partial charge in [-0.05, 0) is 31.0 Å². The van der Waals surface area contributed by atoms with E-state index in [2.05, 4.69) is 15.7 Å². The Kier molecular flexibility index (Phi) is 5.06. The molecule has 0 radical (unpaired) electrons. The number of carbonyl (C=O) groups excluding carboxylic acids is 2. The third-order valence-electron chi connectivity index (χ3n) is 4.14. The van der Waals surface area contributed by atoms with Crippen LogP contribution in [-0.4, -0.2) is 41.3 Å². The molecule has 3 rings (SSSR count). The van der Waals surface area contributed by atoms with E-state index in [1.807, 2.05) is 0 Å². The average Bonchev–Trinajstić information content (AvgIpc) is 3.08. The van der Waals surface area contributed by atoms with Crippen LogP contribution in [0.25, 0.3) is 5.69 Å². The van der Waals surface area contributed by atoms with Crippen LogP contribution >= 0.6 is 0 Å².